The number of nitrogens with zero attached hydrogens (tertiary/aromatic N) is 1. The zero-order chi connectivity index (χ0) is 37.0. The largest absolute Gasteiger partial charge is 0.455 e. The standard InChI is InChI=1S/C54H35NO/c1-2-11-36(12-3-1)37-21-23-38(24-22-37)39-25-29-41(30-26-39)55(43-33-34-49-47-15-5-4-13-45(47)46-14-6-7-16-48(46)52(49)35-43)42-31-27-40(28-32-42)44-18-10-19-51-50-17-8-9-20-53(50)56-54(44)51/h1-35H. The van der Waals surface area contributed by atoms with Crippen LogP contribution in [0.25, 0.3) is 87.6 Å². The van der Waals surface area contributed by atoms with Crippen molar-refractivity contribution in [2.75, 3.05) is 4.90 Å². The van der Waals surface area contributed by atoms with Crippen molar-refractivity contribution in [2.24, 2.45) is 0 Å². The second-order valence-electron chi connectivity index (χ2n) is 14.5. The second kappa shape index (κ2) is 13.2. The van der Waals surface area contributed by atoms with Crippen LogP contribution in [0.3, 0.4) is 0 Å². The number of para-hydroxylation sites is 2. The highest BCUT2D eigenvalue weighted by molar-refractivity contribution is 6.25. The van der Waals surface area contributed by atoms with Crippen molar-refractivity contribution in [1.82, 2.24) is 0 Å². The van der Waals surface area contributed by atoms with E-state index in [0.717, 1.165) is 50.1 Å². The summed E-state index contributed by atoms with van der Waals surface area (Å²) in [5.74, 6) is 0. The summed E-state index contributed by atoms with van der Waals surface area (Å²) in [4.78, 5) is 2.37. The minimum atomic E-state index is 0.907. The highest BCUT2D eigenvalue weighted by Crippen LogP contribution is 2.42. The molecular weight excluding hydrogens is 679 g/mol. The number of furan rings is 1. The third-order valence-electron chi connectivity index (χ3n) is 11.3. The molecule has 0 saturated heterocycles. The van der Waals surface area contributed by atoms with Crippen LogP contribution in [-0.2, 0) is 0 Å². The van der Waals surface area contributed by atoms with Crippen LogP contribution in [0.4, 0.5) is 17.1 Å². The summed E-state index contributed by atoms with van der Waals surface area (Å²) < 4.78 is 6.43. The number of fused-ring (bicyclic) bond motifs is 9. The summed E-state index contributed by atoms with van der Waals surface area (Å²) in [5, 5.41) is 9.84. The van der Waals surface area contributed by atoms with Gasteiger partial charge in [-0.2, -0.15) is 0 Å². The van der Waals surface area contributed by atoms with E-state index in [1.807, 2.05) is 12.1 Å². The van der Waals surface area contributed by atoms with E-state index < -0.39 is 0 Å². The Morgan fingerprint density at radius 1 is 0.268 bits per heavy atom. The number of benzene rings is 10. The molecule has 56 heavy (non-hydrogen) atoms. The quantitative estimate of drug-likeness (QED) is 0.160. The van der Waals surface area contributed by atoms with E-state index in [9.17, 15) is 0 Å². The molecule has 0 fully saturated rings. The van der Waals surface area contributed by atoms with Gasteiger partial charge < -0.3 is 9.32 Å². The maximum Gasteiger partial charge on any atom is 0.143 e. The van der Waals surface area contributed by atoms with E-state index >= 15 is 0 Å². The van der Waals surface area contributed by atoms with E-state index in [4.69, 9.17) is 4.42 Å². The fourth-order valence-electron chi connectivity index (χ4n) is 8.54. The fourth-order valence-corrected chi connectivity index (χ4v) is 8.54. The van der Waals surface area contributed by atoms with Crippen molar-refractivity contribution in [2.45, 2.75) is 0 Å². The van der Waals surface area contributed by atoms with Crippen molar-refractivity contribution in [1.29, 1.82) is 0 Å². The first-order valence-corrected chi connectivity index (χ1v) is 19.2. The van der Waals surface area contributed by atoms with Crippen LogP contribution in [0, 0.1) is 0 Å². The SMILES string of the molecule is c1ccc(-c2ccc(-c3ccc(N(c4ccc(-c5cccc6c5oc5ccccc56)cc4)c4ccc5c6ccccc6c6ccccc6c5c4)cc3)cc2)cc1. The number of anilines is 3. The van der Waals surface area contributed by atoms with Crippen LogP contribution in [0.15, 0.2) is 217 Å². The van der Waals surface area contributed by atoms with Gasteiger partial charge in [-0.15, -0.1) is 0 Å². The molecule has 0 spiro atoms. The Balaban J connectivity index is 1.04. The van der Waals surface area contributed by atoms with E-state index in [1.54, 1.807) is 0 Å². The Labute approximate surface area is 325 Å². The molecule has 2 nitrogen and oxygen atoms in total. The normalized spacial score (nSPS) is 11.6. The molecule has 0 unspecified atom stereocenters. The van der Waals surface area contributed by atoms with Crippen LogP contribution in [0.1, 0.15) is 0 Å². The van der Waals surface area contributed by atoms with Gasteiger partial charge in [-0.3, -0.25) is 0 Å². The van der Waals surface area contributed by atoms with Crippen LogP contribution >= 0.6 is 0 Å². The minimum Gasteiger partial charge on any atom is -0.455 e. The van der Waals surface area contributed by atoms with Crippen molar-refractivity contribution in [3.05, 3.63) is 212 Å². The van der Waals surface area contributed by atoms with Gasteiger partial charge >= 0.3 is 0 Å². The molecular formula is C54H35NO. The molecule has 262 valence electrons. The Bertz CT molecular complexity index is 3180. The highest BCUT2D eigenvalue weighted by Gasteiger charge is 2.17. The molecule has 0 saturated carbocycles. The van der Waals surface area contributed by atoms with E-state index in [1.165, 1.54) is 54.6 Å². The predicted molar refractivity (Wildman–Crippen MR) is 237 cm³/mol. The lowest BCUT2D eigenvalue weighted by Crippen LogP contribution is -2.10. The summed E-state index contributed by atoms with van der Waals surface area (Å²) in [6.45, 7) is 0. The molecule has 10 aromatic carbocycles. The van der Waals surface area contributed by atoms with E-state index in [0.29, 0.717) is 0 Å². The third-order valence-corrected chi connectivity index (χ3v) is 11.3. The average molecular weight is 714 g/mol. The fraction of sp³-hybridized carbons (Fsp3) is 0. The molecule has 2 heteroatoms. The minimum absolute atomic E-state index is 0.907. The van der Waals surface area contributed by atoms with Gasteiger partial charge in [-0.1, -0.05) is 170 Å². The maximum atomic E-state index is 6.43. The highest BCUT2D eigenvalue weighted by atomic mass is 16.3. The van der Waals surface area contributed by atoms with Gasteiger partial charge in [0, 0.05) is 33.4 Å². The first-order chi connectivity index (χ1) is 27.8. The summed E-state index contributed by atoms with van der Waals surface area (Å²) >= 11 is 0. The van der Waals surface area contributed by atoms with E-state index in [2.05, 4.69) is 205 Å². The Hall–Kier alpha value is -7.42. The Kier molecular flexibility index (Phi) is 7.53. The maximum absolute atomic E-state index is 6.43. The molecule has 11 rings (SSSR count). The first-order valence-electron chi connectivity index (χ1n) is 19.2. The van der Waals surface area contributed by atoms with Crippen molar-refractivity contribution < 1.29 is 4.42 Å². The zero-order valence-electron chi connectivity index (χ0n) is 30.6. The monoisotopic (exact) mass is 713 g/mol. The third kappa shape index (κ3) is 5.34. The summed E-state index contributed by atoms with van der Waals surface area (Å²) in [6.07, 6.45) is 0. The van der Waals surface area contributed by atoms with E-state index in [-0.39, 0.29) is 0 Å². The molecule has 11 aromatic rings. The van der Waals surface area contributed by atoms with Crippen molar-refractivity contribution in [3.63, 3.8) is 0 Å². The number of rotatable bonds is 6. The summed E-state index contributed by atoms with van der Waals surface area (Å²) in [5.41, 5.74) is 12.1. The lowest BCUT2D eigenvalue weighted by atomic mass is 9.94. The Morgan fingerprint density at radius 2 is 0.696 bits per heavy atom. The zero-order valence-corrected chi connectivity index (χ0v) is 30.6. The smallest absolute Gasteiger partial charge is 0.143 e. The Morgan fingerprint density at radius 3 is 1.30 bits per heavy atom. The van der Waals surface area contributed by atoms with Crippen LogP contribution < -0.4 is 4.90 Å². The van der Waals surface area contributed by atoms with Gasteiger partial charge in [-0.25, -0.2) is 0 Å². The van der Waals surface area contributed by atoms with Crippen LogP contribution in [0.2, 0.25) is 0 Å². The van der Waals surface area contributed by atoms with Crippen molar-refractivity contribution in [3.8, 4) is 33.4 Å². The summed E-state index contributed by atoms with van der Waals surface area (Å²) in [7, 11) is 0. The number of hydrogen-bond acceptors (Lipinski definition) is 2. The van der Waals surface area contributed by atoms with Crippen LogP contribution in [-0.4, -0.2) is 0 Å². The molecule has 0 amide bonds. The average Bonchev–Trinajstić information content (AvgIpc) is 3.67. The van der Waals surface area contributed by atoms with Gasteiger partial charge in [-0.05, 0) is 103 Å². The first kappa shape index (κ1) is 32.0. The predicted octanol–water partition coefficient (Wildman–Crippen LogP) is 15.5. The molecule has 0 atom stereocenters. The lowest BCUT2D eigenvalue weighted by molar-refractivity contribution is 0.670. The van der Waals surface area contributed by atoms with Gasteiger partial charge in [0.15, 0.2) is 0 Å². The summed E-state index contributed by atoms with van der Waals surface area (Å²) in [6, 6.07) is 76.4. The molecule has 0 radical (unpaired) electrons. The number of hydrogen-bond donors (Lipinski definition) is 0. The molecule has 0 N–H and O–H groups in total. The topological polar surface area (TPSA) is 16.4 Å². The van der Waals surface area contributed by atoms with Crippen molar-refractivity contribution >= 4 is 71.3 Å². The molecule has 0 aliphatic carbocycles. The molecule has 1 aromatic heterocycles. The van der Waals surface area contributed by atoms with Gasteiger partial charge in [0.2, 0.25) is 0 Å². The van der Waals surface area contributed by atoms with Gasteiger partial charge in [0.25, 0.3) is 0 Å². The lowest BCUT2D eigenvalue weighted by Gasteiger charge is -2.26. The van der Waals surface area contributed by atoms with Crippen LogP contribution in [0.5, 0.6) is 0 Å². The van der Waals surface area contributed by atoms with Gasteiger partial charge in [0.05, 0.1) is 0 Å². The molecule has 0 bridgehead atoms. The van der Waals surface area contributed by atoms with Gasteiger partial charge in [0.1, 0.15) is 11.2 Å². The second-order valence-corrected chi connectivity index (χ2v) is 14.5. The molecule has 1 heterocycles. The molecule has 0 aliphatic rings. The molecule has 0 aliphatic heterocycles.